The number of carbonyl (C=O) groups is 1. The average molecular weight is 363 g/mol. The fourth-order valence-electron chi connectivity index (χ4n) is 2.44. The van der Waals surface area contributed by atoms with E-state index in [4.69, 9.17) is 4.74 Å². The van der Waals surface area contributed by atoms with Gasteiger partial charge in [0, 0.05) is 30.6 Å². The van der Waals surface area contributed by atoms with Crippen LogP contribution in [0.25, 0.3) is 0 Å². The summed E-state index contributed by atoms with van der Waals surface area (Å²) in [5.74, 6) is -0.586. The Kier molecular flexibility index (Phi) is 6.46. The molecule has 0 N–H and O–H groups in total. The maximum Gasteiger partial charge on any atom is 0.340 e. The third-order valence-electron chi connectivity index (χ3n) is 3.77. The predicted molar refractivity (Wildman–Crippen MR) is 97.3 cm³/mol. The van der Waals surface area contributed by atoms with Crippen LogP contribution in [0.15, 0.2) is 23.6 Å². The van der Waals surface area contributed by atoms with Crippen LogP contribution < -0.4 is 4.90 Å². The molecule has 1 aromatic heterocycles. The number of nitro groups is 1. The number of non-ortho nitro benzene ring substituents is 1. The molecule has 1 aromatic carbocycles. The first kappa shape index (κ1) is 18.9. The molecule has 134 valence electrons. The van der Waals surface area contributed by atoms with Crippen molar-refractivity contribution in [2.24, 2.45) is 0 Å². The molecule has 8 heteroatoms. The standard InChI is InChI=1S/C17H21N3O4S/c1-4-16-18-12(11-25-16)10-24-17(21)14-9-13(20(22)23)7-8-15(14)19(5-2)6-3/h7-9,11H,4-6,10H2,1-3H3. The lowest BCUT2D eigenvalue weighted by Crippen LogP contribution is -2.24. The van der Waals surface area contributed by atoms with Gasteiger partial charge in [-0.1, -0.05) is 6.92 Å². The summed E-state index contributed by atoms with van der Waals surface area (Å²) in [6.45, 7) is 7.34. The van der Waals surface area contributed by atoms with Gasteiger partial charge in [-0.2, -0.15) is 0 Å². The van der Waals surface area contributed by atoms with E-state index in [0.29, 0.717) is 24.5 Å². The number of nitro benzene ring substituents is 1. The van der Waals surface area contributed by atoms with Gasteiger partial charge in [0.25, 0.3) is 5.69 Å². The molecule has 1 heterocycles. The number of hydrogen-bond acceptors (Lipinski definition) is 7. The van der Waals surface area contributed by atoms with Gasteiger partial charge in [-0.25, -0.2) is 9.78 Å². The molecule has 0 atom stereocenters. The van der Waals surface area contributed by atoms with Gasteiger partial charge in [-0.15, -0.1) is 11.3 Å². The SMILES string of the molecule is CCc1nc(COC(=O)c2cc([N+](=O)[O-])ccc2N(CC)CC)cs1. The maximum atomic E-state index is 12.5. The lowest BCUT2D eigenvalue weighted by molar-refractivity contribution is -0.384. The highest BCUT2D eigenvalue weighted by Gasteiger charge is 2.21. The van der Waals surface area contributed by atoms with Gasteiger partial charge in [0.1, 0.15) is 6.61 Å². The summed E-state index contributed by atoms with van der Waals surface area (Å²) < 4.78 is 5.34. The van der Waals surface area contributed by atoms with E-state index in [0.717, 1.165) is 11.4 Å². The van der Waals surface area contributed by atoms with E-state index < -0.39 is 10.9 Å². The molecule has 0 saturated heterocycles. The molecule has 25 heavy (non-hydrogen) atoms. The molecular weight excluding hydrogens is 342 g/mol. The molecule has 0 unspecified atom stereocenters. The van der Waals surface area contributed by atoms with Crippen LogP contribution in [0.5, 0.6) is 0 Å². The normalized spacial score (nSPS) is 10.5. The Hall–Kier alpha value is -2.48. The van der Waals surface area contributed by atoms with Crippen LogP contribution in [-0.4, -0.2) is 29.0 Å². The molecule has 7 nitrogen and oxygen atoms in total. The van der Waals surface area contributed by atoms with E-state index in [1.165, 1.54) is 23.5 Å². The van der Waals surface area contributed by atoms with Crippen LogP contribution in [0.4, 0.5) is 11.4 Å². The lowest BCUT2D eigenvalue weighted by Gasteiger charge is -2.23. The summed E-state index contributed by atoms with van der Waals surface area (Å²) >= 11 is 1.52. The zero-order valence-electron chi connectivity index (χ0n) is 14.5. The minimum absolute atomic E-state index is 0.0513. The third kappa shape index (κ3) is 4.54. The molecule has 0 aliphatic carbocycles. The molecule has 2 aromatic rings. The molecule has 0 amide bonds. The van der Waals surface area contributed by atoms with Crippen molar-refractivity contribution in [1.29, 1.82) is 0 Å². The molecular formula is C17H21N3O4S. The number of esters is 1. The van der Waals surface area contributed by atoms with Crippen molar-refractivity contribution in [3.8, 4) is 0 Å². The van der Waals surface area contributed by atoms with Crippen molar-refractivity contribution in [2.75, 3.05) is 18.0 Å². The molecule has 0 saturated carbocycles. The molecule has 0 bridgehead atoms. The van der Waals surface area contributed by atoms with Gasteiger partial charge >= 0.3 is 5.97 Å². The quantitative estimate of drug-likeness (QED) is 0.403. The van der Waals surface area contributed by atoms with Crippen molar-refractivity contribution in [2.45, 2.75) is 33.8 Å². The van der Waals surface area contributed by atoms with Gasteiger partial charge in [0.15, 0.2) is 0 Å². The Labute approximate surface area is 150 Å². The summed E-state index contributed by atoms with van der Waals surface area (Å²) in [6, 6.07) is 4.27. The number of benzene rings is 1. The van der Waals surface area contributed by atoms with Crippen molar-refractivity contribution in [3.05, 3.63) is 50.0 Å². The van der Waals surface area contributed by atoms with Crippen LogP contribution in [0.3, 0.4) is 0 Å². The topological polar surface area (TPSA) is 85.6 Å². The minimum Gasteiger partial charge on any atom is -0.455 e. The van der Waals surface area contributed by atoms with E-state index in [9.17, 15) is 14.9 Å². The Balaban J connectivity index is 2.25. The highest BCUT2D eigenvalue weighted by atomic mass is 32.1. The Morgan fingerprint density at radius 2 is 2.04 bits per heavy atom. The average Bonchev–Trinajstić information content (AvgIpc) is 3.09. The molecule has 0 spiro atoms. The lowest BCUT2D eigenvalue weighted by atomic mass is 10.1. The highest BCUT2D eigenvalue weighted by molar-refractivity contribution is 7.09. The van der Waals surface area contributed by atoms with Gasteiger partial charge < -0.3 is 9.64 Å². The van der Waals surface area contributed by atoms with Gasteiger partial charge in [-0.05, 0) is 26.3 Å². The van der Waals surface area contributed by atoms with Gasteiger partial charge in [0.05, 0.1) is 26.9 Å². The number of aromatic nitrogens is 1. The number of carbonyl (C=O) groups excluding carboxylic acids is 1. The molecule has 0 aliphatic rings. The fourth-order valence-corrected chi connectivity index (χ4v) is 3.17. The third-order valence-corrected chi connectivity index (χ3v) is 4.81. The molecule has 2 rings (SSSR count). The zero-order chi connectivity index (χ0) is 18.4. The van der Waals surface area contributed by atoms with Gasteiger partial charge in [-0.3, -0.25) is 10.1 Å². The second-order valence-corrected chi connectivity index (χ2v) is 6.24. The van der Waals surface area contributed by atoms with Crippen LogP contribution >= 0.6 is 11.3 Å². The van der Waals surface area contributed by atoms with Crippen LogP contribution in [0, 0.1) is 10.1 Å². The fraction of sp³-hybridized carbons (Fsp3) is 0.412. The largest absolute Gasteiger partial charge is 0.455 e. The van der Waals surface area contributed by atoms with E-state index >= 15 is 0 Å². The van der Waals surface area contributed by atoms with Crippen LogP contribution in [-0.2, 0) is 17.8 Å². The summed E-state index contributed by atoms with van der Waals surface area (Å²) in [5, 5.41) is 13.9. The summed E-state index contributed by atoms with van der Waals surface area (Å²) in [7, 11) is 0. The zero-order valence-corrected chi connectivity index (χ0v) is 15.3. The second-order valence-electron chi connectivity index (χ2n) is 5.29. The maximum absolute atomic E-state index is 12.5. The Morgan fingerprint density at radius 1 is 1.32 bits per heavy atom. The molecule has 0 radical (unpaired) electrons. The minimum atomic E-state index is -0.586. The number of aryl methyl sites for hydroxylation is 1. The monoisotopic (exact) mass is 363 g/mol. The van der Waals surface area contributed by atoms with Crippen LogP contribution in [0.2, 0.25) is 0 Å². The number of anilines is 1. The number of ether oxygens (including phenoxy) is 1. The summed E-state index contributed by atoms with van der Waals surface area (Å²) in [6.07, 6.45) is 0.829. The van der Waals surface area contributed by atoms with E-state index in [2.05, 4.69) is 4.98 Å². The first-order chi connectivity index (χ1) is 12.0. The van der Waals surface area contributed by atoms with Crippen LogP contribution in [0.1, 0.15) is 41.8 Å². The second kappa shape index (κ2) is 8.57. The van der Waals surface area contributed by atoms with E-state index in [1.807, 2.05) is 31.1 Å². The highest BCUT2D eigenvalue weighted by Crippen LogP contribution is 2.26. The smallest absolute Gasteiger partial charge is 0.340 e. The Morgan fingerprint density at radius 3 is 2.60 bits per heavy atom. The predicted octanol–water partition coefficient (Wildman–Crippen LogP) is 3.82. The van der Waals surface area contributed by atoms with Crippen molar-refractivity contribution >= 4 is 28.7 Å². The van der Waals surface area contributed by atoms with Crippen molar-refractivity contribution < 1.29 is 14.5 Å². The molecule has 0 aliphatic heterocycles. The number of nitrogens with zero attached hydrogens (tertiary/aromatic N) is 3. The summed E-state index contributed by atoms with van der Waals surface area (Å²) in [5.41, 5.74) is 1.38. The van der Waals surface area contributed by atoms with Gasteiger partial charge in [0.2, 0.25) is 0 Å². The number of thiazole rings is 1. The van der Waals surface area contributed by atoms with Crippen molar-refractivity contribution in [3.63, 3.8) is 0 Å². The number of hydrogen-bond donors (Lipinski definition) is 0. The molecule has 0 fully saturated rings. The Bertz CT molecular complexity index is 756. The van der Waals surface area contributed by atoms with Crippen molar-refractivity contribution in [1.82, 2.24) is 4.98 Å². The first-order valence-corrected chi connectivity index (χ1v) is 9.01. The summed E-state index contributed by atoms with van der Waals surface area (Å²) in [4.78, 5) is 29.4. The number of rotatable bonds is 8. The van der Waals surface area contributed by atoms with E-state index in [1.54, 1.807) is 6.07 Å². The first-order valence-electron chi connectivity index (χ1n) is 8.13. The van der Waals surface area contributed by atoms with E-state index in [-0.39, 0.29) is 17.9 Å².